The molecule has 0 saturated heterocycles. The second-order valence-electron chi connectivity index (χ2n) is 5.01. The smallest absolute Gasteiger partial charge is 0.305 e. The predicted octanol–water partition coefficient (Wildman–Crippen LogP) is 4.67. The SMILES string of the molecule is CC(C)OP(=O)(CC(=O)c1ccc(Br)cc1)OC(C)C. The predicted molar refractivity (Wildman–Crippen MR) is 83.4 cm³/mol. The Labute approximate surface area is 128 Å². The third kappa shape index (κ3) is 5.88. The van der Waals surface area contributed by atoms with Crippen molar-refractivity contribution in [1.82, 2.24) is 0 Å². The Kier molecular flexibility index (Phi) is 6.59. The number of rotatable bonds is 7. The Morgan fingerprint density at radius 3 is 1.95 bits per heavy atom. The quantitative estimate of drug-likeness (QED) is 0.522. The lowest BCUT2D eigenvalue weighted by atomic mass is 10.2. The zero-order valence-electron chi connectivity index (χ0n) is 12.1. The second-order valence-corrected chi connectivity index (χ2v) is 7.88. The van der Waals surface area contributed by atoms with E-state index in [1.165, 1.54) is 0 Å². The summed E-state index contributed by atoms with van der Waals surface area (Å²) in [5.41, 5.74) is 0.494. The Morgan fingerprint density at radius 1 is 1.10 bits per heavy atom. The van der Waals surface area contributed by atoms with Gasteiger partial charge in [-0.3, -0.25) is 9.36 Å². The van der Waals surface area contributed by atoms with E-state index in [2.05, 4.69) is 15.9 Å². The zero-order chi connectivity index (χ0) is 15.3. The number of benzene rings is 1. The minimum absolute atomic E-state index is 0.245. The van der Waals surface area contributed by atoms with Crippen molar-refractivity contribution in [3.8, 4) is 0 Å². The summed E-state index contributed by atoms with van der Waals surface area (Å²) in [6, 6.07) is 6.90. The summed E-state index contributed by atoms with van der Waals surface area (Å²) in [5.74, 6) is -0.248. The Hall–Kier alpha value is -0.480. The lowest BCUT2D eigenvalue weighted by Gasteiger charge is -2.22. The zero-order valence-corrected chi connectivity index (χ0v) is 14.6. The van der Waals surface area contributed by atoms with Crippen LogP contribution in [0.5, 0.6) is 0 Å². The molecule has 0 bridgehead atoms. The van der Waals surface area contributed by atoms with Crippen molar-refractivity contribution in [2.24, 2.45) is 0 Å². The highest BCUT2D eigenvalue weighted by Crippen LogP contribution is 2.50. The molecular weight excluding hydrogens is 343 g/mol. The van der Waals surface area contributed by atoms with E-state index in [1.807, 2.05) is 0 Å². The number of hydrogen-bond donors (Lipinski definition) is 0. The molecule has 0 aliphatic rings. The van der Waals surface area contributed by atoms with Gasteiger partial charge in [0.1, 0.15) is 6.16 Å². The van der Waals surface area contributed by atoms with Crippen LogP contribution >= 0.6 is 23.5 Å². The molecule has 20 heavy (non-hydrogen) atoms. The first-order valence-corrected chi connectivity index (χ1v) is 8.98. The van der Waals surface area contributed by atoms with Crippen molar-refractivity contribution in [2.75, 3.05) is 6.16 Å². The summed E-state index contributed by atoms with van der Waals surface area (Å²) in [6.07, 6.45) is -0.778. The van der Waals surface area contributed by atoms with Crippen LogP contribution < -0.4 is 0 Å². The highest BCUT2D eigenvalue weighted by molar-refractivity contribution is 9.10. The molecule has 0 amide bonds. The first kappa shape index (κ1) is 17.6. The van der Waals surface area contributed by atoms with Gasteiger partial charge in [0.15, 0.2) is 5.78 Å². The largest absolute Gasteiger partial charge is 0.338 e. The summed E-state index contributed by atoms with van der Waals surface area (Å²) in [4.78, 5) is 12.2. The third-order valence-electron chi connectivity index (χ3n) is 2.25. The van der Waals surface area contributed by atoms with Crippen LogP contribution in [-0.4, -0.2) is 24.2 Å². The molecular formula is C14H20BrO4P. The number of carbonyl (C=O) groups is 1. The molecule has 1 aromatic carbocycles. The fourth-order valence-electron chi connectivity index (χ4n) is 1.64. The van der Waals surface area contributed by atoms with Gasteiger partial charge in [-0.05, 0) is 39.8 Å². The molecule has 0 unspecified atom stereocenters. The normalized spacial score (nSPS) is 12.2. The molecule has 0 aromatic heterocycles. The molecule has 0 atom stereocenters. The number of hydrogen-bond acceptors (Lipinski definition) is 4. The summed E-state index contributed by atoms with van der Waals surface area (Å²) >= 11 is 3.31. The number of Topliss-reactive ketones (excluding diaryl/α,β-unsaturated/α-hetero) is 1. The fraction of sp³-hybridized carbons (Fsp3) is 0.500. The Morgan fingerprint density at radius 2 is 1.55 bits per heavy atom. The highest BCUT2D eigenvalue weighted by Gasteiger charge is 2.31. The van der Waals surface area contributed by atoms with E-state index in [4.69, 9.17) is 9.05 Å². The molecule has 0 N–H and O–H groups in total. The van der Waals surface area contributed by atoms with Gasteiger partial charge in [0.25, 0.3) is 0 Å². The molecule has 0 radical (unpaired) electrons. The van der Waals surface area contributed by atoms with Crippen LogP contribution in [0, 0.1) is 0 Å². The molecule has 0 aliphatic heterocycles. The average molecular weight is 363 g/mol. The third-order valence-corrected chi connectivity index (χ3v) is 4.94. The van der Waals surface area contributed by atoms with Crippen LogP contribution in [0.25, 0.3) is 0 Å². The summed E-state index contributed by atoms with van der Waals surface area (Å²) in [7, 11) is -3.43. The maximum absolute atomic E-state index is 12.6. The van der Waals surface area contributed by atoms with Gasteiger partial charge >= 0.3 is 7.60 Å². The van der Waals surface area contributed by atoms with Gasteiger partial charge < -0.3 is 9.05 Å². The molecule has 6 heteroatoms. The van der Waals surface area contributed by atoms with Crippen molar-refractivity contribution in [2.45, 2.75) is 39.9 Å². The van der Waals surface area contributed by atoms with Gasteiger partial charge in [0.05, 0.1) is 12.2 Å². The highest BCUT2D eigenvalue weighted by atomic mass is 79.9. The average Bonchev–Trinajstić information content (AvgIpc) is 2.26. The van der Waals surface area contributed by atoms with Gasteiger partial charge in [0, 0.05) is 10.0 Å². The van der Waals surface area contributed by atoms with Crippen molar-refractivity contribution in [3.63, 3.8) is 0 Å². The molecule has 4 nitrogen and oxygen atoms in total. The number of carbonyl (C=O) groups excluding carboxylic acids is 1. The molecule has 0 spiro atoms. The van der Waals surface area contributed by atoms with Gasteiger partial charge in [0.2, 0.25) is 0 Å². The van der Waals surface area contributed by atoms with Crippen LogP contribution in [0.2, 0.25) is 0 Å². The number of halogens is 1. The van der Waals surface area contributed by atoms with Gasteiger partial charge in [-0.15, -0.1) is 0 Å². The Bertz CT molecular complexity index is 482. The summed E-state index contributed by atoms with van der Waals surface area (Å²) in [6.45, 7) is 7.06. The lowest BCUT2D eigenvalue weighted by Crippen LogP contribution is -2.15. The summed E-state index contributed by atoms with van der Waals surface area (Å²) in [5, 5.41) is 0. The second kappa shape index (κ2) is 7.51. The van der Waals surface area contributed by atoms with Crippen molar-refractivity contribution >= 4 is 29.3 Å². The molecule has 0 fully saturated rings. The van der Waals surface area contributed by atoms with E-state index in [1.54, 1.807) is 52.0 Å². The lowest BCUT2D eigenvalue weighted by molar-refractivity contribution is 0.0988. The van der Waals surface area contributed by atoms with Gasteiger partial charge in [-0.1, -0.05) is 28.1 Å². The molecule has 0 aliphatic carbocycles. The minimum atomic E-state index is -3.43. The molecule has 1 rings (SSSR count). The first-order chi connectivity index (χ1) is 9.22. The fourth-order valence-corrected chi connectivity index (χ4v) is 3.93. The Balaban J connectivity index is 2.86. The van der Waals surface area contributed by atoms with Crippen LogP contribution in [-0.2, 0) is 13.6 Å². The van der Waals surface area contributed by atoms with E-state index in [9.17, 15) is 9.36 Å². The van der Waals surface area contributed by atoms with E-state index in [-0.39, 0.29) is 24.2 Å². The van der Waals surface area contributed by atoms with E-state index in [0.29, 0.717) is 5.56 Å². The maximum atomic E-state index is 12.6. The first-order valence-electron chi connectivity index (χ1n) is 6.46. The van der Waals surface area contributed by atoms with Gasteiger partial charge in [-0.2, -0.15) is 0 Å². The van der Waals surface area contributed by atoms with E-state index < -0.39 is 7.60 Å². The molecule has 0 heterocycles. The van der Waals surface area contributed by atoms with Crippen LogP contribution in [0.1, 0.15) is 38.1 Å². The van der Waals surface area contributed by atoms with Crippen LogP contribution in [0.15, 0.2) is 28.7 Å². The van der Waals surface area contributed by atoms with Crippen LogP contribution in [0.4, 0.5) is 0 Å². The molecule has 1 aromatic rings. The van der Waals surface area contributed by atoms with Crippen LogP contribution in [0.3, 0.4) is 0 Å². The monoisotopic (exact) mass is 362 g/mol. The topological polar surface area (TPSA) is 52.6 Å². The maximum Gasteiger partial charge on any atom is 0.338 e. The van der Waals surface area contributed by atoms with Crippen molar-refractivity contribution in [3.05, 3.63) is 34.3 Å². The molecule has 112 valence electrons. The van der Waals surface area contributed by atoms with Crippen molar-refractivity contribution in [1.29, 1.82) is 0 Å². The summed E-state index contributed by atoms with van der Waals surface area (Å²) < 4.78 is 24.2. The van der Waals surface area contributed by atoms with E-state index in [0.717, 1.165) is 4.47 Å². The van der Waals surface area contributed by atoms with Crippen molar-refractivity contribution < 1.29 is 18.4 Å². The minimum Gasteiger partial charge on any atom is -0.305 e. The van der Waals surface area contributed by atoms with Gasteiger partial charge in [-0.25, -0.2) is 0 Å². The number of ketones is 1. The van der Waals surface area contributed by atoms with E-state index >= 15 is 0 Å². The molecule has 0 saturated carbocycles. The standard InChI is InChI=1S/C14H20BrO4P/c1-10(2)18-20(17,19-11(3)4)9-14(16)12-5-7-13(15)8-6-12/h5-8,10-11H,9H2,1-4H3.